The molecule has 134 valence electrons. The Morgan fingerprint density at radius 1 is 0.500 bits per heavy atom. The molecule has 0 amide bonds. The average molecular weight is 359 g/mol. The fourth-order valence-electron chi connectivity index (χ4n) is 4.11. The molecule has 0 bridgehead atoms. The summed E-state index contributed by atoms with van der Waals surface area (Å²) in [7, 11) is 0. The van der Waals surface area contributed by atoms with E-state index in [0.29, 0.717) is 6.54 Å². The van der Waals surface area contributed by atoms with Crippen LogP contribution in [0.5, 0.6) is 0 Å². The molecule has 0 heterocycles. The monoisotopic (exact) mass is 359 g/mol. The van der Waals surface area contributed by atoms with Crippen molar-refractivity contribution in [2.45, 2.75) is 6.54 Å². The number of fused-ring (bicyclic) bond motifs is 2. The normalized spacial score (nSPS) is 11.2. The van der Waals surface area contributed by atoms with Crippen molar-refractivity contribution in [1.29, 1.82) is 0 Å². The van der Waals surface area contributed by atoms with E-state index in [9.17, 15) is 0 Å². The number of benzene rings is 5. The van der Waals surface area contributed by atoms with Crippen molar-refractivity contribution in [2.24, 2.45) is 5.73 Å². The fourth-order valence-corrected chi connectivity index (χ4v) is 4.11. The second kappa shape index (κ2) is 6.95. The maximum Gasteiger partial charge on any atom is 0.0184 e. The number of hydrogen-bond acceptors (Lipinski definition) is 1. The van der Waals surface area contributed by atoms with Crippen LogP contribution in [0.25, 0.3) is 43.8 Å². The van der Waals surface area contributed by atoms with Crippen LogP contribution in [0.1, 0.15) is 5.56 Å². The van der Waals surface area contributed by atoms with E-state index in [0.717, 1.165) is 0 Å². The molecule has 0 fully saturated rings. The summed E-state index contributed by atoms with van der Waals surface area (Å²) in [5, 5.41) is 5.04. The molecular formula is C27H21N. The molecule has 28 heavy (non-hydrogen) atoms. The molecule has 5 aromatic carbocycles. The molecule has 0 spiro atoms. The van der Waals surface area contributed by atoms with E-state index in [1.54, 1.807) is 0 Å². The minimum atomic E-state index is 0.522. The van der Waals surface area contributed by atoms with Crippen LogP contribution >= 0.6 is 0 Å². The molecule has 0 atom stereocenters. The highest BCUT2D eigenvalue weighted by atomic mass is 14.5. The molecular weight excluding hydrogens is 338 g/mol. The van der Waals surface area contributed by atoms with Gasteiger partial charge in [0.2, 0.25) is 0 Å². The lowest BCUT2D eigenvalue weighted by Gasteiger charge is -2.14. The zero-order valence-corrected chi connectivity index (χ0v) is 15.6. The zero-order valence-electron chi connectivity index (χ0n) is 15.6. The third-order valence-electron chi connectivity index (χ3n) is 5.51. The van der Waals surface area contributed by atoms with Gasteiger partial charge in [0.1, 0.15) is 0 Å². The third kappa shape index (κ3) is 2.77. The summed E-state index contributed by atoms with van der Waals surface area (Å²) in [5.41, 5.74) is 12.2. The maximum atomic E-state index is 6.11. The first-order chi connectivity index (χ1) is 13.8. The molecule has 0 radical (unpaired) electrons. The van der Waals surface area contributed by atoms with Gasteiger partial charge in [-0.1, -0.05) is 97.1 Å². The van der Waals surface area contributed by atoms with Gasteiger partial charge in [0.15, 0.2) is 0 Å². The van der Waals surface area contributed by atoms with E-state index in [2.05, 4.69) is 103 Å². The minimum Gasteiger partial charge on any atom is -0.326 e. The summed E-state index contributed by atoms with van der Waals surface area (Å²) < 4.78 is 0. The molecule has 0 aliphatic heterocycles. The smallest absolute Gasteiger partial charge is 0.0184 e. The van der Waals surface area contributed by atoms with E-state index in [4.69, 9.17) is 5.73 Å². The van der Waals surface area contributed by atoms with Crippen molar-refractivity contribution < 1.29 is 0 Å². The molecule has 2 N–H and O–H groups in total. The highest BCUT2D eigenvalue weighted by molar-refractivity contribution is 6.00. The lowest BCUT2D eigenvalue weighted by Crippen LogP contribution is -1.99. The first-order valence-electron chi connectivity index (χ1n) is 9.64. The molecule has 5 rings (SSSR count). The van der Waals surface area contributed by atoms with Gasteiger partial charge in [-0.15, -0.1) is 0 Å². The molecule has 0 saturated heterocycles. The van der Waals surface area contributed by atoms with Gasteiger partial charge in [0.25, 0.3) is 0 Å². The number of nitrogens with two attached hydrogens (primary N) is 1. The van der Waals surface area contributed by atoms with Gasteiger partial charge in [0.05, 0.1) is 0 Å². The first-order valence-corrected chi connectivity index (χ1v) is 9.64. The molecule has 1 heteroatoms. The highest BCUT2D eigenvalue weighted by Gasteiger charge is 2.11. The SMILES string of the molecule is NCc1ccc(-c2cccc3ccccc23)cc1-c1cccc2ccccc12. The summed E-state index contributed by atoms with van der Waals surface area (Å²) in [6.45, 7) is 0.522. The number of rotatable bonds is 3. The Labute approximate surface area is 165 Å². The molecule has 0 aliphatic carbocycles. The Bertz CT molecular complexity index is 1290. The zero-order chi connectivity index (χ0) is 18.9. The van der Waals surface area contributed by atoms with E-state index in [-0.39, 0.29) is 0 Å². The van der Waals surface area contributed by atoms with E-state index in [1.165, 1.54) is 49.4 Å². The van der Waals surface area contributed by atoms with Gasteiger partial charge < -0.3 is 5.73 Å². The van der Waals surface area contributed by atoms with E-state index < -0.39 is 0 Å². The van der Waals surface area contributed by atoms with Crippen molar-refractivity contribution >= 4 is 21.5 Å². The Morgan fingerprint density at radius 2 is 1.07 bits per heavy atom. The standard InChI is InChI=1S/C27H21N/c28-18-22-16-15-21(25-13-5-9-19-7-1-3-11-23(19)25)17-27(22)26-14-6-10-20-8-2-4-12-24(20)26/h1-17H,18,28H2. The summed E-state index contributed by atoms with van der Waals surface area (Å²) in [4.78, 5) is 0. The Balaban J connectivity index is 1.77. The highest BCUT2D eigenvalue weighted by Crippen LogP contribution is 2.36. The molecule has 0 aliphatic rings. The van der Waals surface area contributed by atoms with Crippen LogP contribution in [-0.2, 0) is 6.54 Å². The Kier molecular flexibility index (Phi) is 4.16. The van der Waals surface area contributed by atoms with Crippen molar-refractivity contribution in [2.75, 3.05) is 0 Å². The summed E-state index contributed by atoms with van der Waals surface area (Å²) >= 11 is 0. The molecule has 0 aromatic heterocycles. The molecule has 1 nitrogen and oxygen atoms in total. The maximum absolute atomic E-state index is 6.11. The first kappa shape index (κ1) is 16.7. The van der Waals surface area contributed by atoms with Gasteiger partial charge in [-0.25, -0.2) is 0 Å². The van der Waals surface area contributed by atoms with Crippen molar-refractivity contribution in [3.8, 4) is 22.3 Å². The topological polar surface area (TPSA) is 26.0 Å². The van der Waals surface area contributed by atoms with E-state index >= 15 is 0 Å². The van der Waals surface area contributed by atoms with Crippen molar-refractivity contribution in [3.05, 3.63) is 109 Å². The largest absolute Gasteiger partial charge is 0.326 e. The van der Waals surface area contributed by atoms with Crippen molar-refractivity contribution in [3.63, 3.8) is 0 Å². The Morgan fingerprint density at radius 3 is 1.75 bits per heavy atom. The van der Waals surface area contributed by atoms with Gasteiger partial charge >= 0.3 is 0 Å². The lowest BCUT2D eigenvalue weighted by molar-refractivity contribution is 1.07. The van der Waals surface area contributed by atoms with Crippen LogP contribution in [-0.4, -0.2) is 0 Å². The summed E-state index contributed by atoms with van der Waals surface area (Å²) in [6.07, 6.45) is 0. The van der Waals surface area contributed by atoms with Crippen LogP contribution < -0.4 is 5.73 Å². The predicted octanol–water partition coefficient (Wildman–Crippen LogP) is 6.79. The van der Waals surface area contributed by atoms with Crippen LogP contribution in [0.2, 0.25) is 0 Å². The number of hydrogen-bond donors (Lipinski definition) is 1. The van der Waals surface area contributed by atoms with Gasteiger partial charge in [0, 0.05) is 6.54 Å². The summed E-state index contributed by atoms with van der Waals surface area (Å²) in [6, 6.07) is 36.7. The van der Waals surface area contributed by atoms with Gasteiger partial charge in [-0.3, -0.25) is 0 Å². The molecule has 5 aromatic rings. The summed E-state index contributed by atoms with van der Waals surface area (Å²) in [5.74, 6) is 0. The molecule has 0 saturated carbocycles. The van der Waals surface area contributed by atoms with Crippen LogP contribution in [0.15, 0.2) is 103 Å². The average Bonchev–Trinajstić information content (AvgIpc) is 2.78. The quantitative estimate of drug-likeness (QED) is 0.377. The predicted molar refractivity (Wildman–Crippen MR) is 120 cm³/mol. The minimum absolute atomic E-state index is 0.522. The van der Waals surface area contributed by atoms with Crippen LogP contribution in [0.4, 0.5) is 0 Å². The van der Waals surface area contributed by atoms with Crippen LogP contribution in [0.3, 0.4) is 0 Å². The van der Waals surface area contributed by atoms with Crippen LogP contribution in [0, 0.1) is 0 Å². The Hall–Kier alpha value is -3.42. The lowest BCUT2D eigenvalue weighted by atomic mass is 9.90. The van der Waals surface area contributed by atoms with Gasteiger partial charge in [-0.05, 0) is 55.4 Å². The van der Waals surface area contributed by atoms with E-state index in [1.807, 2.05) is 0 Å². The third-order valence-corrected chi connectivity index (χ3v) is 5.51. The molecule has 0 unspecified atom stereocenters. The second-order valence-electron chi connectivity index (χ2n) is 7.13. The second-order valence-corrected chi connectivity index (χ2v) is 7.13. The fraction of sp³-hybridized carbons (Fsp3) is 0.0370. The van der Waals surface area contributed by atoms with Gasteiger partial charge in [-0.2, -0.15) is 0 Å². The van der Waals surface area contributed by atoms with Crippen molar-refractivity contribution in [1.82, 2.24) is 0 Å².